The number of aryl methyl sites for hydroxylation is 1. The maximum atomic E-state index is 13.6. The van der Waals surface area contributed by atoms with Gasteiger partial charge in [0.2, 0.25) is 11.8 Å². The Morgan fingerprint density at radius 1 is 0.939 bits per heavy atom. The Labute approximate surface area is 195 Å². The number of carbonyl (C=O) groups excluding carboxylic acids is 2. The summed E-state index contributed by atoms with van der Waals surface area (Å²) < 4.78 is 0. The minimum absolute atomic E-state index is 0.118. The van der Waals surface area contributed by atoms with Gasteiger partial charge in [0.15, 0.2) is 0 Å². The van der Waals surface area contributed by atoms with Crippen molar-refractivity contribution in [3.63, 3.8) is 0 Å². The minimum Gasteiger partial charge on any atom is -0.350 e. The standard InChI is InChI=1S/C28H31N3O2/c1-20-11-8-9-16-23(20)19-30-27(32)24-17-10-18-31(24)28(33)26(29)25(21-12-4-2-5-13-21)22-14-6-3-7-15-22/h2-9,11-16,24-26H,10,17-19,29H2,1H3,(H,30,32)/t24?,26-/m1/s1. The van der Waals surface area contributed by atoms with Gasteiger partial charge in [-0.05, 0) is 42.0 Å². The molecule has 0 bridgehead atoms. The van der Waals surface area contributed by atoms with Crippen LogP contribution >= 0.6 is 0 Å². The minimum atomic E-state index is -0.778. The second kappa shape index (κ2) is 10.5. The molecule has 5 heteroatoms. The molecule has 3 aromatic carbocycles. The maximum absolute atomic E-state index is 13.6. The zero-order valence-corrected chi connectivity index (χ0v) is 19.0. The third kappa shape index (κ3) is 5.15. The Hall–Kier alpha value is -3.44. The van der Waals surface area contributed by atoms with Crippen molar-refractivity contribution in [1.29, 1.82) is 0 Å². The van der Waals surface area contributed by atoms with Crippen LogP contribution in [0.5, 0.6) is 0 Å². The third-order valence-electron chi connectivity index (χ3n) is 6.51. The quantitative estimate of drug-likeness (QED) is 0.586. The van der Waals surface area contributed by atoms with E-state index in [-0.39, 0.29) is 17.7 Å². The fourth-order valence-corrected chi connectivity index (χ4v) is 4.67. The molecule has 1 aliphatic heterocycles. The first kappa shape index (κ1) is 22.7. The van der Waals surface area contributed by atoms with E-state index in [0.717, 1.165) is 28.7 Å². The number of nitrogens with zero attached hydrogens (tertiary/aromatic N) is 1. The predicted octanol–water partition coefficient (Wildman–Crippen LogP) is 3.76. The van der Waals surface area contributed by atoms with E-state index in [1.165, 1.54) is 0 Å². The molecule has 0 saturated carbocycles. The summed E-state index contributed by atoms with van der Waals surface area (Å²) in [5, 5.41) is 3.02. The lowest BCUT2D eigenvalue weighted by Gasteiger charge is -2.31. The highest BCUT2D eigenvalue weighted by Gasteiger charge is 2.39. The van der Waals surface area contributed by atoms with Gasteiger partial charge in [0, 0.05) is 19.0 Å². The van der Waals surface area contributed by atoms with Gasteiger partial charge in [0.05, 0.1) is 6.04 Å². The van der Waals surface area contributed by atoms with Crippen LogP contribution < -0.4 is 11.1 Å². The molecule has 1 aliphatic rings. The molecular weight excluding hydrogens is 410 g/mol. The van der Waals surface area contributed by atoms with Gasteiger partial charge in [-0.1, -0.05) is 84.9 Å². The average molecular weight is 442 g/mol. The number of hydrogen-bond donors (Lipinski definition) is 2. The van der Waals surface area contributed by atoms with Gasteiger partial charge in [-0.25, -0.2) is 0 Å². The first-order valence-corrected chi connectivity index (χ1v) is 11.5. The smallest absolute Gasteiger partial charge is 0.243 e. The SMILES string of the molecule is Cc1ccccc1CNC(=O)C1CCCN1C(=O)[C@H](N)C(c1ccccc1)c1ccccc1. The number of amides is 2. The molecule has 0 radical (unpaired) electrons. The first-order chi connectivity index (χ1) is 16.1. The van der Waals surface area contributed by atoms with Gasteiger partial charge >= 0.3 is 0 Å². The zero-order valence-electron chi connectivity index (χ0n) is 19.0. The summed E-state index contributed by atoms with van der Waals surface area (Å²) in [4.78, 5) is 28.3. The van der Waals surface area contributed by atoms with E-state index in [4.69, 9.17) is 5.73 Å². The largest absolute Gasteiger partial charge is 0.350 e. The number of carbonyl (C=O) groups is 2. The van der Waals surface area contributed by atoms with Crippen LogP contribution in [0.1, 0.15) is 41.0 Å². The van der Waals surface area contributed by atoms with Crippen LogP contribution in [0, 0.1) is 6.92 Å². The summed E-state index contributed by atoms with van der Waals surface area (Å²) in [5.41, 5.74) is 10.8. The number of hydrogen-bond acceptors (Lipinski definition) is 3. The number of nitrogens with two attached hydrogens (primary N) is 1. The van der Waals surface area contributed by atoms with Gasteiger partial charge in [0.1, 0.15) is 6.04 Å². The fourth-order valence-electron chi connectivity index (χ4n) is 4.67. The molecule has 2 amide bonds. The van der Waals surface area contributed by atoms with Crippen LogP contribution in [-0.4, -0.2) is 35.3 Å². The predicted molar refractivity (Wildman–Crippen MR) is 130 cm³/mol. The molecule has 3 N–H and O–H groups in total. The first-order valence-electron chi connectivity index (χ1n) is 11.5. The van der Waals surface area contributed by atoms with Crippen LogP contribution in [0.4, 0.5) is 0 Å². The molecule has 0 aromatic heterocycles. The Balaban J connectivity index is 1.51. The maximum Gasteiger partial charge on any atom is 0.243 e. The molecular formula is C28H31N3O2. The number of likely N-dealkylation sites (tertiary alicyclic amines) is 1. The van der Waals surface area contributed by atoms with Crippen molar-refractivity contribution in [2.75, 3.05) is 6.54 Å². The lowest BCUT2D eigenvalue weighted by molar-refractivity contribution is -0.139. The molecule has 1 fully saturated rings. The summed E-state index contributed by atoms with van der Waals surface area (Å²) in [7, 11) is 0. The van der Waals surface area contributed by atoms with Gasteiger partial charge in [-0.15, -0.1) is 0 Å². The zero-order chi connectivity index (χ0) is 23.2. The summed E-state index contributed by atoms with van der Waals surface area (Å²) >= 11 is 0. The Bertz CT molecular complexity index is 1050. The highest BCUT2D eigenvalue weighted by molar-refractivity contribution is 5.91. The van der Waals surface area contributed by atoms with E-state index in [1.54, 1.807) is 4.90 Å². The van der Waals surface area contributed by atoms with Gasteiger partial charge in [-0.2, -0.15) is 0 Å². The van der Waals surface area contributed by atoms with Crippen molar-refractivity contribution in [3.05, 3.63) is 107 Å². The molecule has 1 heterocycles. The second-order valence-electron chi connectivity index (χ2n) is 8.66. The average Bonchev–Trinajstić information content (AvgIpc) is 3.34. The lowest BCUT2D eigenvalue weighted by Crippen LogP contribution is -2.52. The lowest BCUT2D eigenvalue weighted by atomic mass is 9.84. The summed E-state index contributed by atoms with van der Waals surface area (Å²) in [6.45, 7) is 3.03. The van der Waals surface area contributed by atoms with Crippen molar-refractivity contribution in [1.82, 2.24) is 10.2 Å². The van der Waals surface area contributed by atoms with E-state index >= 15 is 0 Å². The monoisotopic (exact) mass is 441 g/mol. The number of nitrogens with one attached hydrogen (secondary N) is 1. The van der Waals surface area contributed by atoms with Crippen molar-refractivity contribution in [2.45, 2.75) is 44.3 Å². The summed E-state index contributed by atoms with van der Waals surface area (Å²) in [6, 6.07) is 26.5. The normalized spacial score (nSPS) is 16.6. The van der Waals surface area contributed by atoms with Gasteiger partial charge in [0.25, 0.3) is 0 Å². The van der Waals surface area contributed by atoms with Crippen molar-refractivity contribution in [2.24, 2.45) is 5.73 Å². The topological polar surface area (TPSA) is 75.4 Å². The van der Waals surface area contributed by atoms with E-state index in [0.29, 0.717) is 19.5 Å². The molecule has 2 atom stereocenters. The van der Waals surface area contributed by atoms with Crippen molar-refractivity contribution >= 4 is 11.8 Å². The van der Waals surface area contributed by atoms with Crippen molar-refractivity contribution in [3.8, 4) is 0 Å². The van der Waals surface area contributed by atoms with Crippen LogP contribution in [0.3, 0.4) is 0 Å². The Morgan fingerprint density at radius 3 is 2.12 bits per heavy atom. The van der Waals surface area contributed by atoms with E-state index in [1.807, 2.05) is 91.9 Å². The molecule has 1 unspecified atom stereocenters. The summed E-state index contributed by atoms with van der Waals surface area (Å²) in [6.07, 6.45) is 1.45. The van der Waals surface area contributed by atoms with Crippen LogP contribution in [0.25, 0.3) is 0 Å². The van der Waals surface area contributed by atoms with Crippen molar-refractivity contribution < 1.29 is 9.59 Å². The number of benzene rings is 3. The van der Waals surface area contributed by atoms with E-state index < -0.39 is 12.1 Å². The van der Waals surface area contributed by atoms with E-state index in [2.05, 4.69) is 5.32 Å². The Morgan fingerprint density at radius 2 is 1.52 bits per heavy atom. The fraction of sp³-hybridized carbons (Fsp3) is 0.286. The molecule has 33 heavy (non-hydrogen) atoms. The van der Waals surface area contributed by atoms with Crippen LogP contribution in [-0.2, 0) is 16.1 Å². The Kier molecular flexibility index (Phi) is 7.20. The highest BCUT2D eigenvalue weighted by atomic mass is 16.2. The molecule has 4 rings (SSSR count). The molecule has 170 valence electrons. The third-order valence-corrected chi connectivity index (χ3v) is 6.51. The molecule has 5 nitrogen and oxygen atoms in total. The van der Waals surface area contributed by atoms with Crippen LogP contribution in [0.15, 0.2) is 84.9 Å². The number of rotatable bonds is 7. The van der Waals surface area contributed by atoms with Gasteiger partial charge in [-0.3, -0.25) is 9.59 Å². The molecule has 0 spiro atoms. The highest BCUT2D eigenvalue weighted by Crippen LogP contribution is 2.30. The summed E-state index contributed by atoms with van der Waals surface area (Å²) in [5.74, 6) is -0.579. The van der Waals surface area contributed by atoms with E-state index in [9.17, 15) is 9.59 Å². The molecule has 0 aliphatic carbocycles. The molecule has 3 aromatic rings. The second-order valence-corrected chi connectivity index (χ2v) is 8.66. The molecule has 1 saturated heterocycles. The van der Waals surface area contributed by atoms with Crippen LogP contribution in [0.2, 0.25) is 0 Å². The van der Waals surface area contributed by atoms with Gasteiger partial charge < -0.3 is 16.0 Å².